The Hall–Kier alpha value is -0.940. The molecule has 0 spiro atoms. The standard InChI is InChI=1S/C11H17NO3S/c1-8-9(6-10(15-8)11(13)14)7-16-5-4-12(2)3/h6H,4-5,7H2,1-3H3,(H,13,14). The number of carbonyl (C=O) groups is 1. The molecule has 0 saturated heterocycles. The molecule has 1 aromatic rings. The van der Waals surface area contributed by atoms with Gasteiger partial charge in [0, 0.05) is 23.6 Å². The molecule has 0 bridgehead atoms. The lowest BCUT2D eigenvalue weighted by Gasteiger charge is -2.07. The van der Waals surface area contributed by atoms with Crippen molar-refractivity contribution in [3.8, 4) is 0 Å². The number of aryl methyl sites for hydroxylation is 1. The van der Waals surface area contributed by atoms with Crippen LogP contribution in [-0.4, -0.2) is 42.4 Å². The summed E-state index contributed by atoms with van der Waals surface area (Å²) in [4.78, 5) is 12.8. The highest BCUT2D eigenvalue weighted by Crippen LogP contribution is 2.20. The maximum absolute atomic E-state index is 10.7. The van der Waals surface area contributed by atoms with Gasteiger partial charge in [-0.2, -0.15) is 11.8 Å². The first-order chi connectivity index (χ1) is 7.50. The molecule has 16 heavy (non-hydrogen) atoms. The van der Waals surface area contributed by atoms with Gasteiger partial charge in [0.2, 0.25) is 5.76 Å². The second-order valence-corrected chi connectivity index (χ2v) is 4.96. The Morgan fingerprint density at radius 1 is 1.56 bits per heavy atom. The predicted octanol–water partition coefficient (Wildman–Crippen LogP) is 2.08. The zero-order chi connectivity index (χ0) is 12.1. The van der Waals surface area contributed by atoms with E-state index in [1.165, 1.54) is 0 Å². The number of carboxylic acid groups (broad SMARTS) is 1. The first kappa shape index (κ1) is 13.1. The summed E-state index contributed by atoms with van der Waals surface area (Å²) in [5.41, 5.74) is 0.973. The zero-order valence-corrected chi connectivity index (χ0v) is 10.6. The number of hydrogen-bond donors (Lipinski definition) is 1. The molecule has 0 saturated carbocycles. The Balaban J connectivity index is 2.45. The summed E-state index contributed by atoms with van der Waals surface area (Å²) in [5.74, 6) is 1.55. The van der Waals surface area contributed by atoms with E-state index in [0.717, 1.165) is 23.6 Å². The van der Waals surface area contributed by atoms with Gasteiger partial charge in [-0.15, -0.1) is 0 Å². The van der Waals surface area contributed by atoms with Crippen LogP contribution in [0.1, 0.15) is 21.9 Å². The SMILES string of the molecule is Cc1oc(C(=O)O)cc1CSCCN(C)C. The molecule has 0 aliphatic rings. The maximum atomic E-state index is 10.7. The van der Waals surface area contributed by atoms with Gasteiger partial charge < -0.3 is 14.4 Å². The molecule has 0 aliphatic heterocycles. The topological polar surface area (TPSA) is 53.7 Å². The van der Waals surface area contributed by atoms with Crippen LogP contribution in [-0.2, 0) is 5.75 Å². The zero-order valence-electron chi connectivity index (χ0n) is 9.82. The van der Waals surface area contributed by atoms with Gasteiger partial charge in [0.1, 0.15) is 5.76 Å². The number of aromatic carboxylic acids is 1. The Bertz CT molecular complexity index is 360. The molecule has 1 heterocycles. The minimum atomic E-state index is -1.01. The van der Waals surface area contributed by atoms with Crippen LogP contribution in [0.15, 0.2) is 10.5 Å². The summed E-state index contributed by atoms with van der Waals surface area (Å²) in [5, 5.41) is 8.76. The molecular formula is C11H17NO3S. The van der Waals surface area contributed by atoms with Crippen molar-refractivity contribution in [2.24, 2.45) is 0 Å². The lowest BCUT2D eigenvalue weighted by atomic mass is 10.3. The number of furan rings is 1. The van der Waals surface area contributed by atoms with Crippen molar-refractivity contribution in [3.63, 3.8) is 0 Å². The summed E-state index contributed by atoms with van der Waals surface area (Å²) in [6.07, 6.45) is 0. The highest BCUT2D eigenvalue weighted by atomic mass is 32.2. The molecule has 0 aromatic carbocycles. The molecule has 0 fully saturated rings. The molecular weight excluding hydrogens is 226 g/mol. The normalized spacial score (nSPS) is 11.0. The minimum Gasteiger partial charge on any atom is -0.475 e. The number of hydrogen-bond acceptors (Lipinski definition) is 4. The van der Waals surface area contributed by atoms with Crippen LogP contribution in [0.5, 0.6) is 0 Å². The van der Waals surface area contributed by atoms with E-state index in [-0.39, 0.29) is 5.76 Å². The van der Waals surface area contributed by atoms with E-state index >= 15 is 0 Å². The fourth-order valence-electron chi connectivity index (χ4n) is 1.20. The van der Waals surface area contributed by atoms with E-state index in [1.807, 2.05) is 14.1 Å². The van der Waals surface area contributed by atoms with Gasteiger partial charge in [-0.25, -0.2) is 4.79 Å². The summed E-state index contributed by atoms with van der Waals surface area (Å²) >= 11 is 1.78. The lowest BCUT2D eigenvalue weighted by Crippen LogP contribution is -2.14. The molecule has 0 atom stereocenters. The Labute approximate surface area is 99.6 Å². The van der Waals surface area contributed by atoms with Gasteiger partial charge in [0.25, 0.3) is 0 Å². The van der Waals surface area contributed by atoms with Crippen molar-refractivity contribution < 1.29 is 14.3 Å². The maximum Gasteiger partial charge on any atom is 0.371 e. The van der Waals surface area contributed by atoms with Gasteiger partial charge in [0.05, 0.1) is 0 Å². The highest BCUT2D eigenvalue weighted by molar-refractivity contribution is 7.98. The van der Waals surface area contributed by atoms with Crippen molar-refractivity contribution in [1.29, 1.82) is 0 Å². The lowest BCUT2D eigenvalue weighted by molar-refractivity contribution is 0.0661. The van der Waals surface area contributed by atoms with Gasteiger partial charge in [-0.1, -0.05) is 0 Å². The molecule has 0 radical (unpaired) electrons. The Morgan fingerprint density at radius 3 is 2.75 bits per heavy atom. The second-order valence-electron chi connectivity index (χ2n) is 3.85. The second kappa shape index (κ2) is 5.96. The Morgan fingerprint density at radius 2 is 2.25 bits per heavy atom. The van der Waals surface area contributed by atoms with Crippen LogP contribution in [0, 0.1) is 6.92 Å². The van der Waals surface area contributed by atoms with Crippen molar-refractivity contribution >= 4 is 17.7 Å². The summed E-state index contributed by atoms with van der Waals surface area (Å²) in [6.45, 7) is 2.82. The number of rotatable bonds is 6. The van der Waals surface area contributed by atoms with Crippen LogP contribution in [0.25, 0.3) is 0 Å². The highest BCUT2D eigenvalue weighted by Gasteiger charge is 2.12. The van der Waals surface area contributed by atoms with E-state index in [1.54, 1.807) is 24.8 Å². The molecule has 0 unspecified atom stereocenters. The minimum absolute atomic E-state index is 0.0284. The largest absolute Gasteiger partial charge is 0.475 e. The molecule has 90 valence electrons. The van der Waals surface area contributed by atoms with Crippen molar-refractivity contribution in [2.75, 3.05) is 26.4 Å². The average Bonchev–Trinajstić information content (AvgIpc) is 2.55. The third-order valence-electron chi connectivity index (χ3n) is 2.17. The van der Waals surface area contributed by atoms with Crippen LogP contribution in [0.4, 0.5) is 0 Å². The van der Waals surface area contributed by atoms with Gasteiger partial charge in [-0.05, 0) is 27.1 Å². The van der Waals surface area contributed by atoms with E-state index in [9.17, 15) is 4.79 Å². The van der Waals surface area contributed by atoms with Gasteiger partial charge >= 0.3 is 5.97 Å². The molecule has 1 aromatic heterocycles. The fraction of sp³-hybridized carbons (Fsp3) is 0.545. The van der Waals surface area contributed by atoms with Crippen molar-refractivity contribution in [1.82, 2.24) is 4.90 Å². The van der Waals surface area contributed by atoms with Crippen LogP contribution in [0.2, 0.25) is 0 Å². The summed E-state index contributed by atoms with van der Waals surface area (Å²) in [7, 11) is 4.07. The van der Waals surface area contributed by atoms with Crippen LogP contribution >= 0.6 is 11.8 Å². The summed E-state index contributed by atoms with van der Waals surface area (Å²) in [6, 6.07) is 1.61. The van der Waals surface area contributed by atoms with Crippen molar-refractivity contribution in [2.45, 2.75) is 12.7 Å². The van der Waals surface area contributed by atoms with E-state index in [4.69, 9.17) is 9.52 Å². The van der Waals surface area contributed by atoms with Crippen molar-refractivity contribution in [3.05, 3.63) is 23.2 Å². The van der Waals surface area contributed by atoms with Crippen LogP contribution < -0.4 is 0 Å². The first-order valence-electron chi connectivity index (χ1n) is 5.05. The van der Waals surface area contributed by atoms with E-state index in [0.29, 0.717) is 5.76 Å². The average molecular weight is 243 g/mol. The number of carboxylic acids is 1. The molecule has 4 nitrogen and oxygen atoms in total. The van der Waals surface area contributed by atoms with Gasteiger partial charge in [-0.3, -0.25) is 0 Å². The third kappa shape index (κ3) is 3.90. The molecule has 5 heteroatoms. The van der Waals surface area contributed by atoms with Crippen LogP contribution in [0.3, 0.4) is 0 Å². The third-order valence-corrected chi connectivity index (χ3v) is 3.16. The summed E-state index contributed by atoms with van der Waals surface area (Å²) < 4.78 is 5.13. The number of thioether (sulfide) groups is 1. The molecule has 1 N–H and O–H groups in total. The first-order valence-corrected chi connectivity index (χ1v) is 6.21. The smallest absolute Gasteiger partial charge is 0.371 e. The molecule has 1 rings (SSSR count). The molecule has 0 amide bonds. The Kier molecular flexibility index (Phi) is 4.89. The molecule has 0 aliphatic carbocycles. The predicted molar refractivity (Wildman–Crippen MR) is 65.1 cm³/mol. The van der Waals surface area contributed by atoms with E-state index in [2.05, 4.69) is 4.90 Å². The quantitative estimate of drug-likeness (QED) is 0.775. The van der Waals surface area contributed by atoms with Gasteiger partial charge in [0.15, 0.2) is 0 Å². The monoisotopic (exact) mass is 243 g/mol. The number of nitrogens with zero attached hydrogens (tertiary/aromatic N) is 1. The fourth-order valence-corrected chi connectivity index (χ4v) is 2.34. The van der Waals surface area contributed by atoms with E-state index < -0.39 is 5.97 Å².